The maximum Gasteiger partial charge on any atom is 0.433 e. The van der Waals surface area contributed by atoms with Gasteiger partial charge < -0.3 is 10.5 Å². The Hall–Kier alpha value is -1.47. The molecule has 1 aliphatic rings. The number of nitrogens with zero attached hydrogens (tertiary/aromatic N) is 2. The van der Waals surface area contributed by atoms with E-state index in [0.29, 0.717) is 24.1 Å². The molecule has 0 saturated carbocycles. The minimum absolute atomic E-state index is 0.164. The standard InChI is InChI=1S/C18H28F3N3.C2H4O/c1-12(2)24-11-13(10-17(24,3)4)8-9-14(22)15-6-5-7-16(23-15)18(19,20)21;1-2-3/h5-7,12-14H,8-11,22H2,1-4H3;2H,1H3. The van der Waals surface area contributed by atoms with Crippen LogP contribution >= 0.6 is 0 Å². The van der Waals surface area contributed by atoms with Gasteiger partial charge in [-0.2, -0.15) is 13.2 Å². The summed E-state index contributed by atoms with van der Waals surface area (Å²) in [6, 6.07) is 3.98. The van der Waals surface area contributed by atoms with E-state index in [2.05, 4.69) is 37.6 Å². The van der Waals surface area contributed by atoms with Crippen LogP contribution in [0, 0.1) is 5.92 Å². The van der Waals surface area contributed by atoms with Gasteiger partial charge in [-0.15, -0.1) is 0 Å². The van der Waals surface area contributed by atoms with E-state index < -0.39 is 17.9 Å². The summed E-state index contributed by atoms with van der Waals surface area (Å²) in [6.45, 7) is 11.4. The number of pyridine rings is 1. The second kappa shape index (κ2) is 9.64. The third-order valence-corrected chi connectivity index (χ3v) is 4.97. The number of carbonyl (C=O) groups excluding carboxylic acids is 1. The second-order valence-corrected chi connectivity index (χ2v) is 7.99. The summed E-state index contributed by atoms with van der Waals surface area (Å²) in [4.78, 5) is 15.0. The van der Waals surface area contributed by atoms with Gasteiger partial charge >= 0.3 is 6.18 Å². The van der Waals surface area contributed by atoms with Crippen LogP contribution in [0.15, 0.2) is 18.2 Å². The summed E-state index contributed by atoms with van der Waals surface area (Å²) in [5.74, 6) is 0.527. The van der Waals surface area contributed by atoms with Crippen molar-refractivity contribution in [3.8, 4) is 0 Å². The Kier molecular flexibility index (Phi) is 8.42. The van der Waals surface area contributed by atoms with Crippen LogP contribution < -0.4 is 5.73 Å². The summed E-state index contributed by atoms with van der Waals surface area (Å²) in [5.41, 5.74) is 5.72. The Morgan fingerprint density at radius 3 is 2.44 bits per heavy atom. The number of hydrogen-bond acceptors (Lipinski definition) is 4. The Labute approximate surface area is 160 Å². The van der Waals surface area contributed by atoms with Crippen LogP contribution in [0.3, 0.4) is 0 Å². The fraction of sp³-hybridized carbons (Fsp3) is 0.700. The molecule has 4 nitrogen and oxygen atoms in total. The average Bonchev–Trinajstić information content (AvgIpc) is 2.87. The van der Waals surface area contributed by atoms with Gasteiger partial charge in [0.05, 0.1) is 5.69 Å². The molecule has 7 heteroatoms. The predicted octanol–water partition coefficient (Wildman–Crippen LogP) is 4.59. The van der Waals surface area contributed by atoms with Crippen LogP contribution in [0.5, 0.6) is 0 Å². The summed E-state index contributed by atoms with van der Waals surface area (Å²) < 4.78 is 38.3. The smallest absolute Gasteiger partial charge is 0.323 e. The van der Waals surface area contributed by atoms with Gasteiger partial charge in [0.15, 0.2) is 0 Å². The van der Waals surface area contributed by atoms with Gasteiger partial charge in [-0.1, -0.05) is 6.07 Å². The molecule has 2 rings (SSSR count). The molecule has 0 amide bonds. The van der Waals surface area contributed by atoms with E-state index in [0.717, 1.165) is 31.7 Å². The lowest BCUT2D eigenvalue weighted by molar-refractivity contribution is -0.141. The SMILES string of the molecule is CC(C)N1CC(CCC(N)c2cccc(C(F)(F)F)n2)CC1(C)C.CC=O. The van der Waals surface area contributed by atoms with Gasteiger partial charge in [0, 0.05) is 24.2 Å². The molecule has 1 aromatic heterocycles. The maximum atomic E-state index is 12.8. The van der Waals surface area contributed by atoms with Crippen molar-refractivity contribution in [1.82, 2.24) is 9.88 Å². The van der Waals surface area contributed by atoms with E-state index >= 15 is 0 Å². The minimum Gasteiger partial charge on any atom is -0.323 e. The van der Waals surface area contributed by atoms with E-state index in [-0.39, 0.29) is 5.54 Å². The number of halogens is 3. The van der Waals surface area contributed by atoms with Crippen molar-refractivity contribution in [3.05, 3.63) is 29.6 Å². The van der Waals surface area contributed by atoms with E-state index in [1.807, 2.05) is 0 Å². The zero-order valence-corrected chi connectivity index (χ0v) is 16.9. The molecule has 1 saturated heterocycles. The highest BCUT2D eigenvalue weighted by molar-refractivity contribution is 5.44. The van der Waals surface area contributed by atoms with Crippen molar-refractivity contribution in [2.24, 2.45) is 11.7 Å². The van der Waals surface area contributed by atoms with Crippen LogP contribution in [-0.4, -0.2) is 34.3 Å². The zero-order chi connectivity index (χ0) is 20.8. The molecule has 1 aliphatic heterocycles. The molecular weight excluding hydrogens is 355 g/mol. The largest absolute Gasteiger partial charge is 0.433 e. The summed E-state index contributed by atoms with van der Waals surface area (Å²) in [6.07, 6.45) is -1.02. The van der Waals surface area contributed by atoms with Gasteiger partial charge in [-0.3, -0.25) is 4.90 Å². The third kappa shape index (κ3) is 6.88. The minimum atomic E-state index is -4.43. The van der Waals surface area contributed by atoms with Crippen LogP contribution in [-0.2, 0) is 11.0 Å². The molecular formula is C20H32F3N3O. The fourth-order valence-corrected chi connectivity index (χ4v) is 3.90. The Morgan fingerprint density at radius 2 is 1.96 bits per heavy atom. The molecule has 1 fully saturated rings. The van der Waals surface area contributed by atoms with Crippen molar-refractivity contribution < 1.29 is 18.0 Å². The fourth-order valence-electron chi connectivity index (χ4n) is 3.90. The molecule has 154 valence electrons. The molecule has 0 aliphatic carbocycles. The first-order valence-corrected chi connectivity index (χ1v) is 9.38. The van der Waals surface area contributed by atoms with Crippen molar-refractivity contribution in [2.75, 3.05) is 6.54 Å². The monoisotopic (exact) mass is 387 g/mol. The van der Waals surface area contributed by atoms with E-state index in [4.69, 9.17) is 10.5 Å². The molecule has 0 bridgehead atoms. The van der Waals surface area contributed by atoms with E-state index in [9.17, 15) is 13.2 Å². The molecule has 2 atom stereocenters. The van der Waals surface area contributed by atoms with Crippen molar-refractivity contribution in [3.63, 3.8) is 0 Å². The number of likely N-dealkylation sites (tertiary alicyclic amines) is 1. The van der Waals surface area contributed by atoms with Gasteiger partial charge in [0.25, 0.3) is 0 Å². The van der Waals surface area contributed by atoms with Crippen LogP contribution in [0.2, 0.25) is 0 Å². The van der Waals surface area contributed by atoms with Gasteiger partial charge in [0.1, 0.15) is 12.0 Å². The molecule has 0 radical (unpaired) electrons. The number of alkyl halides is 3. The van der Waals surface area contributed by atoms with Crippen LogP contribution in [0.4, 0.5) is 13.2 Å². The lowest BCUT2D eigenvalue weighted by Gasteiger charge is -2.34. The highest BCUT2D eigenvalue weighted by Gasteiger charge is 2.39. The lowest BCUT2D eigenvalue weighted by Crippen LogP contribution is -2.42. The molecule has 0 spiro atoms. The first-order valence-electron chi connectivity index (χ1n) is 9.38. The number of aldehydes is 1. The van der Waals surface area contributed by atoms with Crippen molar-refractivity contribution >= 4 is 6.29 Å². The van der Waals surface area contributed by atoms with Crippen LogP contribution in [0.25, 0.3) is 0 Å². The van der Waals surface area contributed by atoms with Gasteiger partial charge in [-0.05, 0) is 71.9 Å². The Balaban J connectivity index is 0.00000114. The van der Waals surface area contributed by atoms with Gasteiger partial charge in [-0.25, -0.2) is 4.98 Å². The molecule has 2 N–H and O–H groups in total. The third-order valence-electron chi connectivity index (χ3n) is 4.97. The van der Waals surface area contributed by atoms with Gasteiger partial charge in [0.2, 0.25) is 0 Å². The van der Waals surface area contributed by atoms with E-state index in [1.165, 1.54) is 13.0 Å². The quantitative estimate of drug-likeness (QED) is 0.751. The van der Waals surface area contributed by atoms with Crippen molar-refractivity contribution in [1.29, 1.82) is 0 Å². The topological polar surface area (TPSA) is 59.2 Å². The first kappa shape index (κ1) is 23.6. The molecule has 2 unspecified atom stereocenters. The average molecular weight is 387 g/mol. The molecule has 27 heavy (non-hydrogen) atoms. The number of carbonyl (C=O) groups is 1. The predicted molar refractivity (Wildman–Crippen MR) is 101 cm³/mol. The molecule has 1 aromatic rings. The number of rotatable bonds is 5. The molecule has 0 aromatic carbocycles. The number of nitrogens with two attached hydrogens (primary N) is 1. The maximum absolute atomic E-state index is 12.8. The highest BCUT2D eigenvalue weighted by atomic mass is 19.4. The Bertz CT molecular complexity index is 602. The second-order valence-electron chi connectivity index (χ2n) is 7.99. The highest BCUT2D eigenvalue weighted by Crippen LogP contribution is 2.37. The normalized spacial score (nSPS) is 20.9. The van der Waals surface area contributed by atoms with Crippen LogP contribution in [0.1, 0.15) is 71.3 Å². The summed E-state index contributed by atoms with van der Waals surface area (Å²) in [5, 5.41) is 0. The molecule has 2 heterocycles. The van der Waals surface area contributed by atoms with Crippen molar-refractivity contribution in [2.45, 2.75) is 77.7 Å². The van der Waals surface area contributed by atoms with E-state index in [1.54, 1.807) is 6.07 Å². The number of aromatic nitrogens is 1. The summed E-state index contributed by atoms with van der Waals surface area (Å²) in [7, 11) is 0. The number of hydrogen-bond donors (Lipinski definition) is 1. The summed E-state index contributed by atoms with van der Waals surface area (Å²) >= 11 is 0. The zero-order valence-electron chi connectivity index (χ0n) is 16.9. The first-order chi connectivity index (χ1) is 12.4. The Morgan fingerprint density at radius 1 is 1.37 bits per heavy atom. The lowest BCUT2D eigenvalue weighted by atomic mass is 9.91.